The third kappa shape index (κ3) is 3.55. The number of rotatable bonds is 5. The van der Waals surface area contributed by atoms with Crippen molar-refractivity contribution in [1.82, 2.24) is 15.2 Å². The molecular weight excluding hydrogens is 306 g/mol. The molecule has 0 saturated heterocycles. The van der Waals surface area contributed by atoms with Crippen LogP contribution in [0.5, 0.6) is 0 Å². The number of hydrogen-bond acceptors (Lipinski definition) is 3. The Morgan fingerprint density at radius 1 is 1.35 bits per heavy atom. The van der Waals surface area contributed by atoms with Crippen LogP contribution in [-0.4, -0.2) is 29.5 Å². The summed E-state index contributed by atoms with van der Waals surface area (Å²) >= 11 is 1.62. The second-order valence-corrected chi connectivity index (χ2v) is 7.43. The first-order valence-corrected chi connectivity index (χ1v) is 8.92. The number of urea groups is 1. The van der Waals surface area contributed by atoms with Crippen LogP contribution < -0.4 is 5.32 Å². The molecule has 1 fully saturated rings. The van der Waals surface area contributed by atoms with Gasteiger partial charge in [-0.2, -0.15) is 0 Å². The molecule has 0 bridgehead atoms. The maximum Gasteiger partial charge on any atom is 0.317 e. The van der Waals surface area contributed by atoms with Crippen molar-refractivity contribution in [2.75, 3.05) is 13.6 Å². The molecule has 1 heterocycles. The molecule has 1 aliphatic rings. The number of carbonyl (C=O) groups excluding carboxylic acids is 1. The van der Waals surface area contributed by atoms with Gasteiger partial charge in [0.25, 0.3) is 0 Å². The fourth-order valence-electron chi connectivity index (χ4n) is 3.14. The highest BCUT2D eigenvalue weighted by Crippen LogP contribution is 2.43. The Hall–Kier alpha value is -1.88. The quantitative estimate of drug-likeness (QED) is 0.909. The summed E-state index contributed by atoms with van der Waals surface area (Å²) < 4.78 is 0. The molecule has 1 saturated carbocycles. The first-order valence-electron chi connectivity index (χ1n) is 8.05. The Kier molecular flexibility index (Phi) is 4.66. The standard InChI is InChI=1S/C18H23N3OS/c1-14-20-16(12-23-14)11-21(2)17(22)19-13-18(9-6-10-18)15-7-4-3-5-8-15/h3-5,7-8,12H,6,9-11,13H2,1-2H3,(H,19,22). The molecule has 2 aromatic rings. The van der Waals surface area contributed by atoms with E-state index in [4.69, 9.17) is 0 Å². The van der Waals surface area contributed by atoms with Crippen LogP contribution in [-0.2, 0) is 12.0 Å². The first kappa shape index (κ1) is 16.0. The van der Waals surface area contributed by atoms with Crippen LogP contribution in [0.15, 0.2) is 35.7 Å². The smallest absolute Gasteiger partial charge is 0.317 e. The first-order chi connectivity index (χ1) is 11.1. The lowest BCUT2D eigenvalue weighted by Crippen LogP contribution is -2.48. The minimum atomic E-state index is -0.0298. The van der Waals surface area contributed by atoms with Gasteiger partial charge in [0.05, 0.1) is 17.2 Å². The molecule has 122 valence electrons. The van der Waals surface area contributed by atoms with Crippen molar-refractivity contribution in [3.8, 4) is 0 Å². The molecule has 0 radical (unpaired) electrons. The van der Waals surface area contributed by atoms with Crippen LogP contribution in [0.2, 0.25) is 0 Å². The zero-order valence-corrected chi connectivity index (χ0v) is 14.5. The minimum Gasteiger partial charge on any atom is -0.337 e. The van der Waals surface area contributed by atoms with Gasteiger partial charge >= 0.3 is 6.03 Å². The number of aryl methyl sites for hydroxylation is 1. The normalized spacial score (nSPS) is 15.7. The van der Waals surface area contributed by atoms with E-state index in [1.807, 2.05) is 25.4 Å². The van der Waals surface area contributed by atoms with Crippen LogP contribution in [0.25, 0.3) is 0 Å². The number of thiazole rings is 1. The fourth-order valence-corrected chi connectivity index (χ4v) is 3.74. The lowest BCUT2D eigenvalue weighted by Gasteiger charge is -2.42. The van der Waals surface area contributed by atoms with Crippen molar-refractivity contribution in [3.63, 3.8) is 0 Å². The molecule has 5 heteroatoms. The van der Waals surface area contributed by atoms with E-state index in [-0.39, 0.29) is 11.4 Å². The van der Waals surface area contributed by atoms with Crippen molar-refractivity contribution >= 4 is 17.4 Å². The van der Waals surface area contributed by atoms with Crippen molar-refractivity contribution < 1.29 is 4.79 Å². The Bertz CT molecular complexity index is 664. The van der Waals surface area contributed by atoms with Gasteiger partial charge in [0.2, 0.25) is 0 Å². The molecule has 0 aliphatic heterocycles. The Balaban J connectivity index is 1.57. The summed E-state index contributed by atoms with van der Waals surface area (Å²) in [5.74, 6) is 0. The van der Waals surface area contributed by atoms with Crippen molar-refractivity contribution in [1.29, 1.82) is 0 Å². The van der Waals surface area contributed by atoms with E-state index in [0.717, 1.165) is 23.5 Å². The van der Waals surface area contributed by atoms with Crippen LogP contribution in [0, 0.1) is 6.92 Å². The fraction of sp³-hybridized carbons (Fsp3) is 0.444. The Morgan fingerprint density at radius 2 is 2.09 bits per heavy atom. The third-order valence-electron chi connectivity index (χ3n) is 4.69. The van der Waals surface area contributed by atoms with E-state index in [0.29, 0.717) is 13.1 Å². The molecular formula is C18H23N3OS. The molecule has 1 aromatic heterocycles. The molecule has 1 aliphatic carbocycles. The summed E-state index contributed by atoms with van der Waals surface area (Å²) in [7, 11) is 1.82. The maximum absolute atomic E-state index is 12.4. The highest BCUT2D eigenvalue weighted by Gasteiger charge is 2.38. The monoisotopic (exact) mass is 329 g/mol. The number of benzene rings is 1. The number of amides is 2. The van der Waals surface area contributed by atoms with E-state index >= 15 is 0 Å². The van der Waals surface area contributed by atoms with Gasteiger partial charge < -0.3 is 10.2 Å². The van der Waals surface area contributed by atoms with Crippen molar-refractivity contribution in [2.45, 2.75) is 38.1 Å². The summed E-state index contributed by atoms with van der Waals surface area (Å²) in [6, 6.07) is 10.5. The summed E-state index contributed by atoms with van der Waals surface area (Å²) in [5.41, 5.74) is 2.41. The van der Waals surface area contributed by atoms with Crippen LogP contribution in [0.4, 0.5) is 4.79 Å². The van der Waals surface area contributed by atoms with Gasteiger partial charge in [0.1, 0.15) is 0 Å². The van der Waals surface area contributed by atoms with Gasteiger partial charge in [0.15, 0.2) is 0 Å². The van der Waals surface area contributed by atoms with Crippen molar-refractivity contribution in [3.05, 3.63) is 52.0 Å². The van der Waals surface area contributed by atoms with E-state index in [2.05, 4.69) is 34.6 Å². The average Bonchev–Trinajstić information content (AvgIpc) is 2.92. The summed E-state index contributed by atoms with van der Waals surface area (Å²) in [4.78, 5) is 18.5. The van der Waals surface area contributed by atoms with Gasteiger partial charge in [-0.3, -0.25) is 0 Å². The lowest BCUT2D eigenvalue weighted by molar-refractivity contribution is 0.190. The molecule has 0 unspecified atom stereocenters. The van der Waals surface area contributed by atoms with Gasteiger partial charge in [-0.15, -0.1) is 11.3 Å². The van der Waals surface area contributed by atoms with Gasteiger partial charge in [-0.25, -0.2) is 9.78 Å². The number of hydrogen-bond donors (Lipinski definition) is 1. The molecule has 4 nitrogen and oxygen atoms in total. The minimum absolute atomic E-state index is 0.0298. The zero-order valence-electron chi connectivity index (χ0n) is 13.7. The molecule has 3 rings (SSSR count). The number of nitrogens with zero attached hydrogens (tertiary/aromatic N) is 2. The molecule has 1 N–H and O–H groups in total. The van der Waals surface area contributed by atoms with E-state index in [1.165, 1.54) is 12.0 Å². The Morgan fingerprint density at radius 3 is 2.65 bits per heavy atom. The Labute approximate surface area is 141 Å². The molecule has 23 heavy (non-hydrogen) atoms. The lowest BCUT2D eigenvalue weighted by atomic mass is 9.64. The largest absolute Gasteiger partial charge is 0.337 e. The van der Waals surface area contributed by atoms with Crippen molar-refractivity contribution in [2.24, 2.45) is 0 Å². The van der Waals surface area contributed by atoms with Gasteiger partial charge in [-0.05, 0) is 25.3 Å². The summed E-state index contributed by atoms with van der Waals surface area (Å²) in [6.07, 6.45) is 3.53. The topological polar surface area (TPSA) is 45.2 Å². The predicted octanol–water partition coefficient (Wildman–Crippen LogP) is 3.71. The van der Waals surface area contributed by atoms with Crippen LogP contribution in [0.1, 0.15) is 35.5 Å². The molecule has 0 spiro atoms. The zero-order chi connectivity index (χ0) is 16.3. The number of carbonyl (C=O) groups is 1. The molecule has 0 atom stereocenters. The summed E-state index contributed by atoms with van der Waals surface area (Å²) in [6.45, 7) is 3.24. The number of nitrogens with one attached hydrogen (secondary N) is 1. The SMILES string of the molecule is Cc1nc(CN(C)C(=O)NCC2(c3ccccc3)CCC2)cs1. The third-order valence-corrected chi connectivity index (χ3v) is 5.51. The average molecular weight is 329 g/mol. The molecule has 2 amide bonds. The predicted molar refractivity (Wildman–Crippen MR) is 93.7 cm³/mol. The van der Waals surface area contributed by atoms with E-state index < -0.39 is 0 Å². The second kappa shape index (κ2) is 6.71. The summed E-state index contributed by atoms with van der Waals surface area (Å²) in [5, 5.41) is 6.16. The number of aromatic nitrogens is 1. The second-order valence-electron chi connectivity index (χ2n) is 6.37. The van der Waals surface area contributed by atoms with Gasteiger partial charge in [0, 0.05) is 24.4 Å². The van der Waals surface area contributed by atoms with Gasteiger partial charge in [-0.1, -0.05) is 36.8 Å². The molecule has 1 aromatic carbocycles. The maximum atomic E-state index is 12.4. The van der Waals surface area contributed by atoms with Crippen LogP contribution >= 0.6 is 11.3 Å². The van der Waals surface area contributed by atoms with E-state index in [9.17, 15) is 4.79 Å². The highest BCUT2D eigenvalue weighted by atomic mass is 32.1. The highest BCUT2D eigenvalue weighted by molar-refractivity contribution is 7.09. The van der Waals surface area contributed by atoms with E-state index in [1.54, 1.807) is 16.2 Å². The van der Waals surface area contributed by atoms with Crippen LogP contribution in [0.3, 0.4) is 0 Å².